The number of rotatable bonds is 4. The van der Waals surface area contributed by atoms with Crippen molar-refractivity contribution in [3.05, 3.63) is 53.2 Å². The van der Waals surface area contributed by atoms with Gasteiger partial charge in [0.2, 0.25) is 0 Å². The third-order valence-electron chi connectivity index (χ3n) is 4.92. The predicted octanol–water partition coefficient (Wildman–Crippen LogP) is 3.09. The van der Waals surface area contributed by atoms with Crippen LogP contribution in [0, 0.1) is 13.8 Å². The number of aryl methyl sites for hydroxylation is 2. The van der Waals surface area contributed by atoms with Crippen LogP contribution >= 0.6 is 0 Å². The summed E-state index contributed by atoms with van der Waals surface area (Å²) in [6.07, 6.45) is 1.74. The summed E-state index contributed by atoms with van der Waals surface area (Å²) in [5.41, 5.74) is 3.69. The minimum absolute atomic E-state index is 0.103. The standard InChI is InChI=1S/C20H26N4O/c1-4-23-9-11-24(12-10-23)19-8-7-18(14-21-19)22-20(25)17-6-5-15(2)16(3)13-17/h5-8,13-14H,4,9-12H2,1-3H3,(H,22,25). The number of hydrogen-bond donors (Lipinski definition) is 1. The number of aromatic nitrogens is 1. The molecule has 0 saturated carbocycles. The highest BCUT2D eigenvalue weighted by molar-refractivity contribution is 6.04. The molecule has 1 amide bonds. The molecule has 1 aliphatic heterocycles. The van der Waals surface area contributed by atoms with Crippen LogP contribution in [0.3, 0.4) is 0 Å². The van der Waals surface area contributed by atoms with Gasteiger partial charge in [-0.2, -0.15) is 0 Å². The van der Waals surface area contributed by atoms with Crippen LogP contribution in [0.5, 0.6) is 0 Å². The monoisotopic (exact) mass is 338 g/mol. The summed E-state index contributed by atoms with van der Waals surface area (Å²) in [4.78, 5) is 21.6. The van der Waals surface area contributed by atoms with Crippen molar-refractivity contribution in [1.82, 2.24) is 9.88 Å². The number of hydrogen-bond acceptors (Lipinski definition) is 4. The van der Waals surface area contributed by atoms with Crippen molar-refractivity contribution in [3.8, 4) is 0 Å². The van der Waals surface area contributed by atoms with Gasteiger partial charge in [-0.05, 0) is 55.8 Å². The molecule has 0 spiro atoms. The van der Waals surface area contributed by atoms with E-state index < -0.39 is 0 Å². The van der Waals surface area contributed by atoms with Crippen molar-refractivity contribution in [2.45, 2.75) is 20.8 Å². The molecule has 1 N–H and O–H groups in total. The van der Waals surface area contributed by atoms with Gasteiger partial charge in [-0.1, -0.05) is 13.0 Å². The zero-order valence-corrected chi connectivity index (χ0v) is 15.2. The molecule has 5 nitrogen and oxygen atoms in total. The van der Waals surface area contributed by atoms with E-state index in [0.29, 0.717) is 5.56 Å². The molecule has 1 saturated heterocycles. The Morgan fingerprint density at radius 3 is 2.44 bits per heavy atom. The Kier molecular flexibility index (Phi) is 5.34. The van der Waals surface area contributed by atoms with E-state index >= 15 is 0 Å². The highest BCUT2D eigenvalue weighted by atomic mass is 16.1. The number of likely N-dealkylation sites (N-methyl/N-ethyl adjacent to an activating group) is 1. The van der Waals surface area contributed by atoms with Crippen molar-refractivity contribution in [3.63, 3.8) is 0 Å². The summed E-state index contributed by atoms with van der Waals surface area (Å²) in [5.74, 6) is 0.870. The Morgan fingerprint density at radius 1 is 1.08 bits per heavy atom. The van der Waals surface area contributed by atoms with Gasteiger partial charge >= 0.3 is 0 Å². The first-order valence-corrected chi connectivity index (χ1v) is 8.89. The summed E-state index contributed by atoms with van der Waals surface area (Å²) in [6.45, 7) is 11.5. The predicted molar refractivity (Wildman–Crippen MR) is 102 cm³/mol. The molecular weight excluding hydrogens is 312 g/mol. The second kappa shape index (κ2) is 7.66. The molecule has 132 valence electrons. The number of nitrogens with one attached hydrogen (secondary N) is 1. The number of nitrogens with zero attached hydrogens (tertiary/aromatic N) is 3. The average Bonchev–Trinajstić information content (AvgIpc) is 2.64. The first kappa shape index (κ1) is 17.4. The number of pyridine rings is 1. The van der Waals surface area contributed by atoms with E-state index in [2.05, 4.69) is 27.0 Å². The van der Waals surface area contributed by atoms with Crippen LogP contribution < -0.4 is 10.2 Å². The van der Waals surface area contributed by atoms with E-state index in [1.807, 2.05) is 44.2 Å². The fraction of sp³-hybridized carbons (Fsp3) is 0.400. The second-order valence-electron chi connectivity index (χ2n) is 6.58. The van der Waals surface area contributed by atoms with Crippen molar-refractivity contribution < 1.29 is 4.79 Å². The Bertz CT molecular complexity index is 734. The van der Waals surface area contributed by atoms with E-state index in [1.165, 1.54) is 5.56 Å². The van der Waals surface area contributed by atoms with Crippen molar-refractivity contribution >= 4 is 17.4 Å². The molecular formula is C20H26N4O. The summed E-state index contributed by atoms with van der Waals surface area (Å²) in [6, 6.07) is 9.65. The summed E-state index contributed by atoms with van der Waals surface area (Å²) < 4.78 is 0. The number of amides is 1. The van der Waals surface area contributed by atoms with Crippen molar-refractivity contribution in [2.24, 2.45) is 0 Å². The average molecular weight is 338 g/mol. The lowest BCUT2D eigenvalue weighted by molar-refractivity contribution is 0.102. The van der Waals surface area contributed by atoms with Crippen molar-refractivity contribution in [1.29, 1.82) is 0 Å². The normalized spacial score (nSPS) is 15.2. The largest absolute Gasteiger partial charge is 0.354 e. The molecule has 1 aliphatic rings. The van der Waals surface area contributed by atoms with E-state index in [1.54, 1.807) is 6.20 Å². The molecule has 1 aromatic carbocycles. The Morgan fingerprint density at radius 2 is 1.84 bits per heavy atom. The molecule has 2 heterocycles. The maximum absolute atomic E-state index is 12.4. The smallest absolute Gasteiger partial charge is 0.255 e. The number of anilines is 2. The van der Waals surface area contributed by atoms with Crippen LogP contribution in [0.4, 0.5) is 11.5 Å². The van der Waals surface area contributed by atoms with Crippen LogP contribution in [-0.4, -0.2) is 48.5 Å². The van der Waals surface area contributed by atoms with Gasteiger partial charge in [0.25, 0.3) is 5.91 Å². The van der Waals surface area contributed by atoms with Gasteiger partial charge in [-0.15, -0.1) is 0 Å². The van der Waals surface area contributed by atoms with Crippen LogP contribution in [0.25, 0.3) is 0 Å². The zero-order valence-electron chi connectivity index (χ0n) is 15.2. The minimum atomic E-state index is -0.103. The number of carbonyl (C=O) groups is 1. The van der Waals surface area contributed by atoms with Crippen LogP contribution in [-0.2, 0) is 0 Å². The molecule has 1 aromatic heterocycles. The third-order valence-corrected chi connectivity index (χ3v) is 4.92. The van der Waals surface area contributed by atoms with Gasteiger partial charge in [0.15, 0.2) is 0 Å². The Labute approximate surface area is 149 Å². The number of piperazine rings is 1. The first-order valence-electron chi connectivity index (χ1n) is 8.89. The molecule has 5 heteroatoms. The third kappa shape index (κ3) is 4.17. The van der Waals surface area contributed by atoms with Gasteiger partial charge in [0, 0.05) is 31.7 Å². The fourth-order valence-electron chi connectivity index (χ4n) is 3.03. The molecule has 25 heavy (non-hydrogen) atoms. The Balaban J connectivity index is 1.62. The van der Waals surface area contributed by atoms with Gasteiger partial charge < -0.3 is 15.1 Å². The molecule has 0 unspecified atom stereocenters. The summed E-state index contributed by atoms with van der Waals surface area (Å²) in [7, 11) is 0. The lowest BCUT2D eigenvalue weighted by Gasteiger charge is -2.34. The highest BCUT2D eigenvalue weighted by Crippen LogP contribution is 2.17. The molecule has 3 rings (SSSR count). The molecule has 2 aromatic rings. The molecule has 0 bridgehead atoms. The SMILES string of the molecule is CCN1CCN(c2ccc(NC(=O)c3ccc(C)c(C)c3)cn2)CC1. The topological polar surface area (TPSA) is 48.5 Å². The zero-order chi connectivity index (χ0) is 17.8. The first-order chi connectivity index (χ1) is 12.1. The maximum atomic E-state index is 12.4. The van der Waals surface area contributed by atoms with E-state index in [-0.39, 0.29) is 5.91 Å². The van der Waals surface area contributed by atoms with E-state index in [0.717, 1.165) is 49.8 Å². The van der Waals surface area contributed by atoms with E-state index in [4.69, 9.17) is 0 Å². The lowest BCUT2D eigenvalue weighted by Crippen LogP contribution is -2.46. The summed E-state index contributed by atoms with van der Waals surface area (Å²) in [5, 5.41) is 2.92. The lowest BCUT2D eigenvalue weighted by atomic mass is 10.1. The fourth-order valence-corrected chi connectivity index (χ4v) is 3.03. The van der Waals surface area contributed by atoms with Gasteiger partial charge in [-0.3, -0.25) is 4.79 Å². The minimum Gasteiger partial charge on any atom is -0.354 e. The number of carbonyl (C=O) groups excluding carboxylic acids is 1. The molecule has 0 aliphatic carbocycles. The van der Waals surface area contributed by atoms with Crippen molar-refractivity contribution in [2.75, 3.05) is 42.9 Å². The van der Waals surface area contributed by atoms with Gasteiger partial charge in [-0.25, -0.2) is 4.98 Å². The van der Waals surface area contributed by atoms with Gasteiger partial charge in [0.1, 0.15) is 5.82 Å². The van der Waals surface area contributed by atoms with Crippen LogP contribution in [0.2, 0.25) is 0 Å². The Hall–Kier alpha value is -2.40. The quantitative estimate of drug-likeness (QED) is 0.931. The molecule has 1 fully saturated rings. The van der Waals surface area contributed by atoms with E-state index in [9.17, 15) is 4.79 Å². The maximum Gasteiger partial charge on any atom is 0.255 e. The molecule has 0 atom stereocenters. The van der Waals surface area contributed by atoms with Gasteiger partial charge in [0.05, 0.1) is 11.9 Å². The second-order valence-corrected chi connectivity index (χ2v) is 6.58. The molecule has 0 radical (unpaired) electrons. The highest BCUT2D eigenvalue weighted by Gasteiger charge is 2.16. The summed E-state index contributed by atoms with van der Waals surface area (Å²) >= 11 is 0. The number of benzene rings is 1. The van der Waals surface area contributed by atoms with Crippen LogP contribution in [0.15, 0.2) is 36.5 Å². The van der Waals surface area contributed by atoms with Crippen LogP contribution in [0.1, 0.15) is 28.4 Å².